The second-order valence-electron chi connectivity index (χ2n) is 5.48. The molecule has 1 amide bonds. The Kier molecular flexibility index (Phi) is 3.08. The number of H-pyrrole nitrogens is 1. The van der Waals surface area contributed by atoms with Gasteiger partial charge >= 0.3 is 0 Å². The molecule has 2 aliphatic rings. The largest absolute Gasteiger partial charge is 0.488 e. The summed E-state index contributed by atoms with van der Waals surface area (Å²) in [5.74, 6) is 0.602. The quantitative estimate of drug-likeness (QED) is 0.762. The van der Waals surface area contributed by atoms with Crippen LogP contribution in [0.1, 0.15) is 16.6 Å². The minimum absolute atomic E-state index is 0.0166. The van der Waals surface area contributed by atoms with Gasteiger partial charge in [-0.15, -0.1) is 11.3 Å². The number of aromatic nitrogens is 2. The standard InChI is InChI=1S/C14H16N4O3S/c1-7-9(6-19)18-2-3-21-11-10(18)13(14(20)17-7)22-12(11)8-4-15-16-5-8/h4-5,7,9,19H,2-3,6H2,1H3,(H,15,16)(H,17,20)/t7-,9+/m1/s1. The first-order chi connectivity index (χ1) is 10.7. The van der Waals surface area contributed by atoms with Crippen LogP contribution in [0.25, 0.3) is 10.4 Å². The molecule has 22 heavy (non-hydrogen) atoms. The molecule has 4 heterocycles. The fourth-order valence-corrected chi connectivity index (χ4v) is 4.25. The highest BCUT2D eigenvalue weighted by molar-refractivity contribution is 7.18. The van der Waals surface area contributed by atoms with Gasteiger partial charge in [-0.25, -0.2) is 0 Å². The first-order valence-corrected chi connectivity index (χ1v) is 7.99. The maximum absolute atomic E-state index is 12.5. The number of ether oxygens (including phenoxy) is 1. The van der Waals surface area contributed by atoms with Crippen LogP contribution in [0, 0.1) is 0 Å². The van der Waals surface area contributed by atoms with E-state index in [1.54, 1.807) is 12.4 Å². The molecule has 116 valence electrons. The van der Waals surface area contributed by atoms with E-state index in [2.05, 4.69) is 20.4 Å². The Balaban J connectivity index is 1.92. The van der Waals surface area contributed by atoms with Crippen LogP contribution < -0.4 is 15.0 Å². The number of hydrogen-bond acceptors (Lipinski definition) is 6. The summed E-state index contributed by atoms with van der Waals surface area (Å²) in [5.41, 5.74) is 1.70. The highest BCUT2D eigenvalue weighted by atomic mass is 32.1. The summed E-state index contributed by atoms with van der Waals surface area (Å²) in [7, 11) is 0. The zero-order valence-electron chi connectivity index (χ0n) is 12.0. The van der Waals surface area contributed by atoms with Gasteiger partial charge in [-0.1, -0.05) is 0 Å². The van der Waals surface area contributed by atoms with E-state index < -0.39 is 0 Å². The normalized spacial score (nSPS) is 23.5. The first kappa shape index (κ1) is 13.6. The van der Waals surface area contributed by atoms with Crippen molar-refractivity contribution in [3.63, 3.8) is 0 Å². The zero-order valence-corrected chi connectivity index (χ0v) is 12.8. The van der Waals surface area contributed by atoms with Gasteiger partial charge in [0.05, 0.1) is 30.3 Å². The summed E-state index contributed by atoms with van der Waals surface area (Å²) in [5, 5.41) is 19.5. The third-order valence-electron chi connectivity index (χ3n) is 4.20. The predicted octanol–water partition coefficient (Wildman–Crippen LogP) is 0.830. The molecule has 2 aromatic heterocycles. The maximum atomic E-state index is 12.5. The van der Waals surface area contributed by atoms with Gasteiger partial charge in [0.25, 0.3) is 5.91 Å². The van der Waals surface area contributed by atoms with E-state index in [1.165, 1.54) is 11.3 Å². The minimum atomic E-state index is -0.153. The van der Waals surface area contributed by atoms with Crippen LogP contribution in [0.5, 0.6) is 5.75 Å². The number of hydrogen-bond donors (Lipinski definition) is 3. The Labute approximate surface area is 130 Å². The monoisotopic (exact) mass is 320 g/mol. The topological polar surface area (TPSA) is 90.5 Å². The lowest BCUT2D eigenvalue weighted by Gasteiger charge is -2.37. The van der Waals surface area contributed by atoms with Crippen LogP contribution in [-0.4, -0.2) is 53.1 Å². The van der Waals surface area contributed by atoms with Crippen molar-refractivity contribution < 1.29 is 14.6 Å². The van der Waals surface area contributed by atoms with Gasteiger partial charge < -0.3 is 20.1 Å². The predicted molar refractivity (Wildman–Crippen MR) is 82.5 cm³/mol. The summed E-state index contributed by atoms with van der Waals surface area (Å²) >= 11 is 1.40. The Bertz CT molecular complexity index is 712. The molecule has 2 aliphatic heterocycles. The van der Waals surface area contributed by atoms with E-state index in [9.17, 15) is 9.90 Å². The number of nitrogens with one attached hydrogen (secondary N) is 2. The Morgan fingerprint density at radius 2 is 2.41 bits per heavy atom. The number of rotatable bonds is 2. The molecule has 0 aromatic carbocycles. The lowest BCUT2D eigenvalue weighted by Crippen LogP contribution is -2.52. The molecule has 0 spiro atoms. The Morgan fingerprint density at radius 1 is 1.55 bits per heavy atom. The van der Waals surface area contributed by atoms with Crippen LogP contribution in [-0.2, 0) is 0 Å². The average Bonchev–Trinajstić information content (AvgIpc) is 3.12. The number of thiophene rings is 1. The molecule has 0 bridgehead atoms. The number of aliphatic hydroxyl groups excluding tert-OH is 1. The summed E-state index contributed by atoms with van der Waals surface area (Å²) in [6.07, 6.45) is 3.50. The molecular formula is C14H16N4O3S. The number of nitrogens with zero attached hydrogens (tertiary/aromatic N) is 2. The summed E-state index contributed by atoms with van der Waals surface area (Å²) in [6.45, 7) is 3.09. The van der Waals surface area contributed by atoms with E-state index in [0.29, 0.717) is 18.0 Å². The lowest BCUT2D eigenvalue weighted by molar-refractivity contribution is 0.0938. The van der Waals surface area contributed by atoms with Crippen LogP contribution in [0.2, 0.25) is 0 Å². The molecule has 3 N–H and O–H groups in total. The molecule has 8 heteroatoms. The number of aliphatic hydroxyl groups is 1. The average molecular weight is 320 g/mol. The third-order valence-corrected chi connectivity index (χ3v) is 5.40. The summed E-state index contributed by atoms with van der Waals surface area (Å²) in [4.78, 5) is 16.1. The van der Waals surface area contributed by atoms with E-state index in [4.69, 9.17) is 4.74 Å². The van der Waals surface area contributed by atoms with E-state index in [0.717, 1.165) is 21.9 Å². The number of carbonyl (C=O) groups is 1. The van der Waals surface area contributed by atoms with Crippen molar-refractivity contribution >= 4 is 22.9 Å². The highest BCUT2D eigenvalue weighted by Crippen LogP contribution is 2.50. The van der Waals surface area contributed by atoms with Crippen LogP contribution in [0.15, 0.2) is 12.4 Å². The van der Waals surface area contributed by atoms with Gasteiger partial charge in [0.15, 0.2) is 5.75 Å². The summed E-state index contributed by atoms with van der Waals surface area (Å²) < 4.78 is 5.86. The highest BCUT2D eigenvalue weighted by Gasteiger charge is 2.39. The van der Waals surface area contributed by atoms with Crippen molar-refractivity contribution in [2.24, 2.45) is 0 Å². The second-order valence-corrected chi connectivity index (χ2v) is 6.50. The van der Waals surface area contributed by atoms with Gasteiger partial charge in [-0.05, 0) is 6.92 Å². The third kappa shape index (κ3) is 1.84. The van der Waals surface area contributed by atoms with Crippen LogP contribution >= 0.6 is 11.3 Å². The Morgan fingerprint density at radius 3 is 3.14 bits per heavy atom. The molecule has 7 nitrogen and oxygen atoms in total. The molecule has 0 fully saturated rings. The molecular weight excluding hydrogens is 304 g/mol. The van der Waals surface area contributed by atoms with Gasteiger partial charge in [0, 0.05) is 17.8 Å². The van der Waals surface area contributed by atoms with Crippen molar-refractivity contribution in [3.8, 4) is 16.2 Å². The molecule has 4 rings (SSSR count). The van der Waals surface area contributed by atoms with Crippen molar-refractivity contribution in [3.05, 3.63) is 17.3 Å². The van der Waals surface area contributed by atoms with Crippen molar-refractivity contribution in [1.82, 2.24) is 15.5 Å². The van der Waals surface area contributed by atoms with E-state index in [-0.39, 0.29) is 24.6 Å². The number of aromatic amines is 1. The van der Waals surface area contributed by atoms with Gasteiger partial charge in [0.1, 0.15) is 17.2 Å². The molecule has 0 aliphatic carbocycles. The molecule has 0 saturated carbocycles. The van der Waals surface area contributed by atoms with Gasteiger partial charge in [-0.3, -0.25) is 9.89 Å². The van der Waals surface area contributed by atoms with Crippen LogP contribution in [0.3, 0.4) is 0 Å². The van der Waals surface area contributed by atoms with E-state index in [1.807, 2.05) is 6.92 Å². The number of amides is 1. The minimum Gasteiger partial charge on any atom is -0.488 e. The fraction of sp³-hybridized carbons (Fsp3) is 0.429. The summed E-state index contributed by atoms with van der Waals surface area (Å²) in [6, 6.07) is -0.278. The van der Waals surface area contributed by atoms with Crippen molar-refractivity contribution in [2.75, 3.05) is 24.7 Å². The maximum Gasteiger partial charge on any atom is 0.263 e. The number of anilines is 1. The second kappa shape index (κ2) is 4.99. The van der Waals surface area contributed by atoms with Crippen molar-refractivity contribution in [2.45, 2.75) is 19.0 Å². The zero-order chi connectivity index (χ0) is 15.3. The van der Waals surface area contributed by atoms with Gasteiger partial charge in [0.2, 0.25) is 0 Å². The Hall–Kier alpha value is -2.06. The molecule has 0 radical (unpaired) electrons. The SMILES string of the molecule is C[C@H]1NC(=O)c2sc(-c3cn[nH]c3)c3c2N(CCO3)[C@H]1CO. The van der Waals surface area contributed by atoms with Crippen molar-refractivity contribution in [1.29, 1.82) is 0 Å². The van der Waals surface area contributed by atoms with Gasteiger partial charge in [-0.2, -0.15) is 5.10 Å². The molecule has 2 atom stereocenters. The molecule has 0 unspecified atom stereocenters. The molecule has 0 saturated heterocycles. The smallest absolute Gasteiger partial charge is 0.263 e. The van der Waals surface area contributed by atoms with E-state index >= 15 is 0 Å². The molecule has 2 aromatic rings. The fourth-order valence-electron chi connectivity index (χ4n) is 3.11. The first-order valence-electron chi connectivity index (χ1n) is 7.17. The lowest BCUT2D eigenvalue weighted by atomic mass is 10.1. The van der Waals surface area contributed by atoms with Crippen LogP contribution in [0.4, 0.5) is 5.69 Å². The number of carbonyl (C=O) groups excluding carboxylic acids is 1.